The van der Waals surface area contributed by atoms with Crippen LogP contribution >= 0.6 is 12.4 Å². The molecule has 18 heavy (non-hydrogen) atoms. The number of amides is 1. The van der Waals surface area contributed by atoms with Gasteiger partial charge in [0, 0.05) is 6.04 Å². The summed E-state index contributed by atoms with van der Waals surface area (Å²) in [5, 5.41) is 6.57. The highest BCUT2D eigenvalue weighted by molar-refractivity contribution is 5.85. The lowest BCUT2D eigenvalue weighted by molar-refractivity contribution is -0.124. The van der Waals surface area contributed by atoms with E-state index >= 15 is 0 Å². The zero-order chi connectivity index (χ0) is 12.1. The fraction of sp³-hybridized carbons (Fsp3) is 0.929. The van der Waals surface area contributed by atoms with E-state index in [2.05, 4.69) is 17.6 Å². The minimum Gasteiger partial charge on any atom is -0.352 e. The Bertz CT molecular complexity index is 254. The monoisotopic (exact) mass is 274 g/mol. The highest BCUT2D eigenvalue weighted by Crippen LogP contribution is 2.26. The van der Waals surface area contributed by atoms with Crippen molar-refractivity contribution in [3.05, 3.63) is 0 Å². The van der Waals surface area contributed by atoms with Crippen molar-refractivity contribution in [2.24, 2.45) is 5.92 Å². The van der Waals surface area contributed by atoms with Crippen LogP contribution in [0.4, 0.5) is 0 Å². The molecule has 2 aliphatic rings. The molecule has 4 heteroatoms. The second kappa shape index (κ2) is 8.00. The number of hydrogen-bond acceptors (Lipinski definition) is 2. The molecular formula is C14H27ClN2O. The van der Waals surface area contributed by atoms with Crippen LogP contribution in [0.25, 0.3) is 0 Å². The predicted molar refractivity (Wildman–Crippen MR) is 77.1 cm³/mol. The molecule has 3 nitrogen and oxygen atoms in total. The third-order valence-electron chi connectivity index (χ3n) is 4.33. The van der Waals surface area contributed by atoms with Crippen LogP contribution in [0, 0.1) is 5.92 Å². The van der Waals surface area contributed by atoms with E-state index < -0.39 is 0 Å². The summed E-state index contributed by atoms with van der Waals surface area (Å²) in [6.45, 7) is 3.26. The van der Waals surface area contributed by atoms with Crippen molar-refractivity contribution >= 4 is 18.3 Å². The standard InChI is InChI=1S/C14H26N2O.ClH/c1-2-11-6-5-7-12(10-11)16-14(17)13-8-3-4-9-15-13;/h11-13,15H,2-10H2,1H3,(H,16,17);1H. The van der Waals surface area contributed by atoms with E-state index in [0.29, 0.717) is 6.04 Å². The number of hydrogen-bond donors (Lipinski definition) is 2. The first-order valence-corrected chi connectivity index (χ1v) is 7.33. The van der Waals surface area contributed by atoms with Gasteiger partial charge in [-0.25, -0.2) is 0 Å². The Kier molecular flexibility index (Phi) is 7.02. The van der Waals surface area contributed by atoms with Crippen molar-refractivity contribution in [3.63, 3.8) is 0 Å². The van der Waals surface area contributed by atoms with Gasteiger partial charge in [0.1, 0.15) is 0 Å². The summed E-state index contributed by atoms with van der Waals surface area (Å²) in [6, 6.07) is 0.510. The average molecular weight is 275 g/mol. The molecule has 3 unspecified atom stereocenters. The molecule has 106 valence electrons. The molecule has 0 spiro atoms. The first-order valence-electron chi connectivity index (χ1n) is 7.33. The number of carbonyl (C=O) groups excluding carboxylic acids is 1. The summed E-state index contributed by atoms with van der Waals surface area (Å²) in [6.07, 6.45) is 9.66. The first kappa shape index (κ1) is 15.8. The van der Waals surface area contributed by atoms with Crippen LogP contribution in [0.5, 0.6) is 0 Å². The zero-order valence-corrected chi connectivity index (χ0v) is 12.2. The van der Waals surface area contributed by atoms with Gasteiger partial charge in [-0.3, -0.25) is 4.79 Å². The van der Waals surface area contributed by atoms with Crippen LogP contribution in [0.2, 0.25) is 0 Å². The molecule has 2 rings (SSSR count). The molecule has 1 saturated heterocycles. The van der Waals surface area contributed by atoms with Crippen molar-refractivity contribution in [1.82, 2.24) is 10.6 Å². The Hall–Kier alpha value is -0.280. The number of halogens is 1. The zero-order valence-electron chi connectivity index (χ0n) is 11.4. The van der Waals surface area contributed by atoms with Crippen LogP contribution in [0.15, 0.2) is 0 Å². The highest BCUT2D eigenvalue weighted by atomic mass is 35.5. The summed E-state index contributed by atoms with van der Waals surface area (Å²) in [7, 11) is 0. The van der Waals surface area contributed by atoms with Crippen molar-refractivity contribution in [2.75, 3.05) is 6.54 Å². The predicted octanol–water partition coefficient (Wildman–Crippen LogP) is 2.64. The second-order valence-corrected chi connectivity index (χ2v) is 5.65. The first-order chi connectivity index (χ1) is 8.29. The van der Waals surface area contributed by atoms with Gasteiger partial charge in [0.25, 0.3) is 0 Å². The molecule has 0 aromatic heterocycles. The topological polar surface area (TPSA) is 41.1 Å². The molecule has 0 bridgehead atoms. The lowest BCUT2D eigenvalue weighted by Crippen LogP contribution is -2.50. The largest absolute Gasteiger partial charge is 0.352 e. The summed E-state index contributed by atoms with van der Waals surface area (Å²) in [5.74, 6) is 1.07. The van der Waals surface area contributed by atoms with Crippen molar-refractivity contribution in [3.8, 4) is 0 Å². The molecule has 1 heterocycles. The second-order valence-electron chi connectivity index (χ2n) is 5.65. The summed E-state index contributed by atoms with van der Waals surface area (Å²) in [4.78, 5) is 12.1. The van der Waals surface area contributed by atoms with Gasteiger partial charge < -0.3 is 10.6 Å². The molecule has 1 amide bonds. The van der Waals surface area contributed by atoms with Gasteiger partial charge in [-0.1, -0.05) is 32.6 Å². The maximum atomic E-state index is 12.1. The van der Waals surface area contributed by atoms with Crippen LogP contribution in [-0.2, 0) is 4.79 Å². The van der Waals surface area contributed by atoms with E-state index in [9.17, 15) is 4.79 Å². The Labute approximate surface area is 117 Å². The minimum atomic E-state index is 0. The molecule has 2 fully saturated rings. The lowest BCUT2D eigenvalue weighted by atomic mass is 9.84. The minimum absolute atomic E-state index is 0. The average Bonchev–Trinajstić information content (AvgIpc) is 2.40. The maximum Gasteiger partial charge on any atom is 0.237 e. The summed E-state index contributed by atoms with van der Waals surface area (Å²) in [5.41, 5.74) is 0. The molecular weight excluding hydrogens is 248 g/mol. The maximum absolute atomic E-state index is 12.1. The van der Waals surface area contributed by atoms with Gasteiger partial charge in [-0.05, 0) is 38.1 Å². The van der Waals surface area contributed by atoms with Crippen LogP contribution in [0.3, 0.4) is 0 Å². The van der Waals surface area contributed by atoms with Gasteiger partial charge in [-0.2, -0.15) is 0 Å². The molecule has 0 aromatic carbocycles. The van der Waals surface area contributed by atoms with Gasteiger partial charge in [0.05, 0.1) is 6.04 Å². The van der Waals surface area contributed by atoms with E-state index in [1.54, 1.807) is 0 Å². The third kappa shape index (κ3) is 4.43. The van der Waals surface area contributed by atoms with Crippen molar-refractivity contribution < 1.29 is 4.79 Å². The number of rotatable bonds is 3. The van der Waals surface area contributed by atoms with E-state index in [1.807, 2.05) is 0 Å². The fourth-order valence-electron chi connectivity index (χ4n) is 3.17. The van der Waals surface area contributed by atoms with Crippen LogP contribution < -0.4 is 10.6 Å². The number of piperidine rings is 1. The molecule has 1 saturated carbocycles. The third-order valence-corrected chi connectivity index (χ3v) is 4.33. The van der Waals surface area contributed by atoms with Crippen LogP contribution in [0.1, 0.15) is 58.3 Å². The van der Waals surface area contributed by atoms with Gasteiger partial charge in [0.2, 0.25) is 5.91 Å². The van der Waals surface area contributed by atoms with Crippen LogP contribution in [-0.4, -0.2) is 24.5 Å². The fourth-order valence-corrected chi connectivity index (χ4v) is 3.17. The Morgan fingerprint density at radius 1 is 1.22 bits per heavy atom. The quantitative estimate of drug-likeness (QED) is 0.831. The Balaban J connectivity index is 0.00000162. The van der Waals surface area contributed by atoms with Crippen molar-refractivity contribution in [2.45, 2.75) is 70.4 Å². The van der Waals surface area contributed by atoms with Gasteiger partial charge in [0.15, 0.2) is 0 Å². The van der Waals surface area contributed by atoms with Gasteiger partial charge >= 0.3 is 0 Å². The Morgan fingerprint density at radius 2 is 2.06 bits per heavy atom. The van der Waals surface area contributed by atoms with Crippen molar-refractivity contribution in [1.29, 1.82) is 0 Å². The van der Waals surface area contributed by atoms with E-state index in [0.717, 1.165) is 18.9 Å². The SMILES string of the molecule is CCC1CCCC(NC(=O)C2CCCCN2)C1.Cl. The molecule has 1 aliphatic carbocycles. The molecule has 3 atom stereocenters. The van der Waals surface area contributed by atoms with Gasteiger partial charge in [-0.15, -0.1) is 12.4 Å². The summed E-state index contributed by atoms with van der Waals surface area (Å²) >= 11 is 0. The van der Waals surface area contributed by atoms with E-state index in [-0.39, 0.29) is 24.4 Å². The Morgan fingerprint density at radius 3 is 2.72 bits per heavy atom. The smallest absolute Gasteiger partial charge is 0.237 e. The highest BCUT2D eigenvalue weighted by Gasteiger charge is 2.26. The molecule has 2 N–H and O–H groups in total. The summed E-state index contributed by atoms with van der Waals surface area (Å²) < 4.78 is 0. The molecule has 0 aromatic rings. The lowest BCUT2D eigenvalue weighted by Gasteiger charge is -2.31. The van der Waals surface area contributed by atoms with E-state index in [4.69, 9.17) is 0 Å². The molecule has 0 radical (unpaired) electrons. The number of carbonyl (C=O) groups is 1. The normalized spacial score (nSPS) is 32.4. The number of nitrogens with one attached hydrogen (secondary N) is 2. The van der Waals surface area contributed by atoms with E-state index in [1.165, 1.54) is 44.9 Å². The molecule has 1 aliphatic heterocycles.